The number of aromatic nitrogens is 2. The quantitative estimate of drug-likeness (QED) is 0.574. The first-order chi connectivity index (χ1) is 15.4. The average molecular weight is 485 g/mol. The zero-order valence-electron chi connectivity index (χ0n) is 18.3. The fourth-order valence-corrected chi connectivity index (χ4v) is 6.36. The highest BCUT2D eigenvalue weighted by Crippen LogP contribution is 2.29. The molecule has 2 aromatic rings. The number of nitrogens with zero attached hydrogens (tertiary/aromatic N) is 3. The number of thiazole rings is 2. The number of rotatable bonds is 9. The van der Waals surface area contributed by atoms with Crippen molar-refractivity contribution < 1.29 is 18.3 Å². The molecule has 0 saturated heterocycles. The lowest BCUT2D eigenvalue weighted by atomic mass is 9.84. The Hall–Kier alpha value is -1.49. The van der Waals surface area contributed by atoms with Gasteiger partial charge >= 0.3 is 6.61 Å². The Labute approximate surface area is 195 Å². The summed E-state index contributed by atoms with van der Waals surface area (Å²) in [4.78, 5) is 25.7. The van der Waals surface area contributed by atoms with Crippen LogP contribution in [-0.2, 0) is 35.5 Å². The van der Waals surface area contributed by atoms with E-state index in [9.17, 15) is 13.6 Å². The van der Waals surface area contributed by atoms with Gasteiger partial charge in [-0.25, -0.2) is 9.97 Å². The van der Waals surface area contributed by atoms with Gasteiger partial charge in [0.25, 0.3) is 0 Å². The van der Waals surface area contributed by atoms with Crippen LogP contribution in [0.4, 0.5) is 8.78 Å². The lowest BCUT2D eigenvalue weighted by Gasteiger charge is -2.32. The number of carbonyl (C=O) groups is 1. The summed E-state index contributed by atoms with van der Waals surface area (Å²) in [7, 11) is 0. The molecule has 1 saturated carbocycles. The molecule has 2 aliphatic rings. The van der Waals surface area contributed by atoms with Crippen molar-refractivity contribution in [2.45, 2.75) is 77.7 Å². The molecule has 1 fully saturated rings. The molecule has 1 aliphatic carbocycles. The summed E-state index contributed by atoms with van der Waals surface area (Å²) in [6.07, 6.45) is 8.69. The minimum atomic E-state index is -2.75. The fourth-order valence-electron chi connectivity index (χ4n) is 4.58. The first kappa shape index (κ1) is 23.7. The van der Waals surface area contributed by atoms with Gasteiger partial charge in [0.1, 0.15) is 11.6 Å². The van der Waals surface area contributed by atoms with E-state index in [-0.39, 0.29) is 18.6 Å². The molecule has 0 spiro atoms. The Bertz CT molecular complexity index is 896. The van der Waals surface area contributed by atoms with Gasteiger partial charge in [-0.05, 0) is 57.9 Å². The summed E-state index contributed by atoms with van der Waals surface area (Å²) in [5, 5.41) is 4.83. The van der Waals surface area contributed by atoms with Crippen LogP contribution in [0.3, 0.4) is 0 Å². The molecule has 0 unspecified atom stereocenters. The number of alkyl halides is 2. The molecule has 2 aromatic heterocycles. The third-order valence-corrected chi connectivity index (χ3v) is 8.30. The summed E-state index contributed by atoms with van der Waals surface area (Å²) in [6.45, 7) is 1.91. The molecule has 1 aliphatic heterocycles. The molecule has 10 heteroatoms. The minimum absolute atomic E-state index is 0.0998. The van der Waals surface area contributed by atoms with Gasteiger partial charge in [-0.15, -0.1) is 22.7 Å². The minimum Gasteiger partial charge on any atom is -0.353 e. The molecule has 3 heterocycles. The molecule has 0 aromatic carbocycles. The van der Waals surface area contributed by atoms with Crippen LogP contribution in [0.25, 0.3) is 0 Å². The van der Waals surface area contributed by atoms with Gasteiger partial charge in [-0.3, -0.25) is 9.69 Å². The Morgan fingerprint density at radius 3 is 2.84 bits per heavy atom. The second-order valence-corrected chi connectivity index (χ2v) is 11.2. The second-order valence-electron chi connectivity index (χ2n) is 8.67. The molecule has 0 radical (unpaired) electrons. The first-order valence-corrected chi connectivity index (χ1v) is 12.9. The topological polar surface area (TPSA) is 67.4 Å². The van der Waals surface area contributed by atoms with Gasteiger partial charge in [0, 0.05) is 35.1 Å². The van der Waals surface area contributed by atoms with Crippen molar-refractivity contribution in [2.75, 3.05) is 13.1 Å². The van der Waals surface area contributed by atoms with Crippen LogP contribution in [0.15, 0.2) is 6.20 Å². The summed E-state index contributed by atoms with van der Waals surface area (Å²) < 4.78 is 28.9. The Morgan fingerprint density at radius 2 is 2.12 bits per heavy atom. The summed E-state index contributed by atoms with van der Waals surface area (Å²) >= 11 is 3.08. The predicted octanol–water partition coefficient (Wildman–Crippen LogP) is 4.31. The maximum absolute atomic E-state index is 12.3. The molecule has 1 N–H and O–H groups in total. The number of aryl methyl sites for hydroxylation is 1. The summed E-state index contributed by atoms with van der Waals surface area (Å²) in [5.74, 6) is 0.793. The van der Waals surface area contributed by atoms with Gasteiger partial charge < -0.3 is 10.1 Å². The predicted molar refractivity (Wildman–Crippen MR) is 121 cm³/mol. The van der Waals surface area contributed by atoms with Crippen molar-refractivity contribution in [1.29, 1.82) is 0 Å². The van der Waals surface area contributed by atoms with Crippen molar-refractivity contribution in [3.8, 4) is 0 Å². The van der Waals surface area contributed by atoms with Crippen LogP contribution in [0.1, 0.15) is 57.6 Å². The van der Waals surface area contributed by atoms with Crippen LogP contribution in [0.5, 0.6) is 0 Å². The maximum Gasteiger partial charge on any atom is 0.345 e. The molecule has 4 rings (SSSR count). The zero-order chi connectivity index (χ0) is 22.5. The van der Waals surface area contributed by atoms with E-state index in [4.69, 9.17) is 0 Å². The monoisotopic (exact) mass is 484 g/mol. The van der Waals surface area contributed by atoms with Crippen LogP contribution < -0.4 is 5.32 Å². The second kappa shape index (κ2) is 11.1. The van der Waals surface area contributed by atoms with E-state index in [1.54, 1.807) is 17.5 Å². The van der Waals surface area contributed by atoms with E-state index in [0.717, 1.165) is 73.7 Å². The maximum atomic E-state index is 12.3. The van der Waals surface area contributed by atoms with E-state index in [0.29, 0.717) is 17.3 Å². The summed E-state index contributed by atoms with van der Waals surface area (Å²) in [5.41, 5.74) is 1.02. The number of amides is 1. The number of ether oxygens (including phenoxy) is 1. The highest BCUT2D eigenvalue weighted by molar-refractivity contribution is 7.12. The largest absolute Gasteiger partial charge is 0.353 e. The molecular formula is C22H30F2N4O2S2. The van der Waals surface area contributed by atoms with Crippen molar-refractivity contribution in [3.05, 3.63) is 31.7 Å². The van der Waals surface area contributed by atoms with Crippen molar-refractivity contribution in [3.63, 3.8) is 0 Å². The highest BCUT2D eigenvalue weighted by Gasteiger charge is 2.25. The van der Waals surface area contributed by atoms with Crippen LogP contribution in [-0.4, -0.2) is 46.5 Å². The Morgan fingerprint density at radius 1 is 1.31 bits per heavy atom. The van der Waals surface area contributed by atoms with E-state index in [1.807, 2.05) is 6.92 Å². The van der Waals surface area contributed by atoms with Gasteiger partial charge in [0.05, 0.1) is 17.1 Å². The molecular weight excluding hydrogens is 454 g/mol. The van der Waals surface area contributed by atoms with Gasteiger partial charge in [-0.2, -0.15) is 8.78 Å². The van der Waals surface area contributed by atoms with Crippen molar-refractivity contribution in [2.24, 2.45) is 5.92 Å². The van der Waals surface area contributed by atoms with Crippen molar-refractivity contribution >= 4 is 28.6 Å². The van der Waals surface area contributed by atoms with Gasteiger partial charge in [-0.1, -0.05) is 0 Å². The SMILES string of the molecule is Cc1ncc(CC(=O)NC2CCC(CCN3CCc4sc(COC(F)F)nc4C3)CC2)s1. The number of halogens is 2. The van der Waals surface area contributed by atoms with Crippen LogP contribution >= 0.6 is 22.7 Å². The Balaban J connectivity index is 1.14. The zero-order valence-corrected chi connectivity index (χ0v) is 20.0. The highest BCUT2D eigenvalue weighted by atomic mass is 32.1. The molecule has 0 atom stereocenters. The molecule has 6 nitrogen and oxygen atoms in total. The first-order valence-electron chi connectivity index (χ1n) is 11.2. The summed E-state index contributed by atoms with van der Waals surface area (Å²) in [6, 6.07) is 0.286. The van der Waals surface area contributed by atoms with E-state index in [1.165, 1.54) is 16.2 Å². The van der Waals surface area contributed by atoms with Crippen LogP contribution in [0.2, 0.25) is 0 Å². The number of fused-ring (bicyclic) bond motifs is 1. The molecule has 32 heavy (non-hydrogen) atoms. The average Bonchev–Trinajstić information content (AvgIpc) is 3.36. The van der Waals surface area contributed by atoms with Crippen molar-refractivity contribution in [1.82, 2.24) is 20.2 Å². The number of hydrogen-bond donors (Lipinski definition) is 1. The van der Waals surface area contributed by atoms with Gasteiger partial charge in [0.15, 0.2) is 0 Å². The molecule has 176 valence electrons. The number of carbonyl (C=O) groups excluding carboxylic acids is 1. The van der Waals surface area contributed by atoms with E-state index < -0.39 is 6.61 Å². The lowest BCUT2D eigenvalue weighted by Crippen LogP contribution is -2.39. The fraction of sp³-hybridized carbons (Fsp3) is 0.682. The lowest BCUT2D eigenvalue weighted by molar-refractivity contribution is -0.137. The third kappa shape index (κ3) is 6.76. The number of hydrogen-bond acceptors (Lipinski definition) is 7. The Kier molecular flexibility index (Phi) is 8.20. The van der Waals surface area contributed by atoms with E-state index >= 15 is 0 Å². The van der Waals surface area contributed by atoms with E-state index in [2.05, 4.69) is 24.9 Å². The molecule has 1 amide bonds. The normalized spacial score (nSPS) is 21.6. The standard InChI is InChI=1S/C22H30F2N4O2S2/c1-14-25-11-17(31-14)10-20(29)26-16-4-2-15(3-5-16)6-8-28-9-7-19-18(12-28)27-21(32-19)13-30-22(23)24/h11,15-16,22H,2-10,12-13H2,1H3,(H,26,29). The van der Waals surface area contributed by atoms with Crippen LogP contribution in [0, 0.1) is 12.8 Å². The molecule has 0 bridgehead atoms. The smallest absolute Gasteiger partial charge is 0.345 e. The third-order valence-electron chi connectivity index (χ3n) is 6.25. The van der Waals surface area contributed by atoms with Gasteiger partial charge in [0.2, 0.25) is 5.91 Å². The number of nitrogens with one attached hydrogen (secondary N) is 1.